The smallest absolute Gasteiger partial charge is 0.252 e. The second-order valence-electron chi connectivity index (χ2n) is 5.88. The molecule has 1 amide bonds. The molecule has 0 radical (unpaired) electrons. The van der Waals surface area contributed by atoms with Gasteiger partial charge in [0.1, 0.15) is 10.0 Å². The highest BCUT2D eigenvalue weighted by molar-refractivity contribution is 7.91. The minimum Gasteiger partial charge on any atom is -0.352 e. The van der Waals surface area contributed by atoms with Crippen molar-refractivity contribution in [1.82, 2.24) is 9.62 Å². The van der Waals surface area contributed by atoms with E-state index in [0.29, 0.717) is 23.5 Å². The van der Waals surface area contributed by atoms with Crippen molar-refractivity contribution < 1.29 is 17.6 Å². The van der Waals surface area contributed by atoms with E-state index in [1.54, 1.807) is 30.3 Å². The SMILES string of the molecule is O=C(Cc1ccc(S(=O)(=O)N2CCCC2)s1)NCc1ccccc1F. The fraction of sp³-hybridized carbons (Fsp3) is 0.353. The number of nitrogens with zero attached hydrogens (tertiary/aromatic N) is 1. The van der Waals surface area contributed by atoms with Crippen molar-refractivity contribution in [3.8, 4) is 0 Å². The van der Waals surface area contributed by atoms with Crippen LogP contribution in [-0.4, -0.2) is 31.7 Å². The number of carbonyl (C=O) groups excluding carboxylic acids is 1. The molecule has 0 saturated carbocycles. The Bertz CT molecular complexity index is 858. The lowest BCUT2D eigenvalue weighted by atomic mass is 10.2. The molecule has 3 rings (SSSR count). The molecule has 25 heavy (non-hydrogen) atoms. The normalized spacial score (nSPS) is 15.4. The van der Waals surface area contributed by atoms with Crippen LogP contribution in [-0.2, 0) is 27.8 Å². The summed E-state index contributed by atoms with van der Waals surface area (Å²) >= 11 is 1.12. The molecule has 0 unspecified atom stereocenters. The number of benzene rings is 1. The van der Waals surface area contributed by atoms with Crippen molar-refractivity contribution in [3.63, 3.8) is 0 Å². The number of thiophene rings is 1. The van der Waals surface area contributed by atoms with Crippen LogP contribution in [0.4, 0.5) is 4.39 Å². The van der Waals surface area contributed by atoms with E-state index in [-0.39, 0.29) is 28.9 Å². The van der Waals surface area contributed by atoms with Crippen LogP contribution >= 0.6 is 11.3 Å². The van der Waals surface area contributed by atoms with Crippen LogP contribution in [0.2, 0.25) is 0 Å². The maximum atomic E-state index is 13.5. The summed E-state index contributed by atoms with van der Waals surface area (Å²) < 4.78 is 40.2. The molecule has 1 saturated heterocycles. The molecule has 0 bridgehead atoms. The predicted molar refractivity (Wildman–Crippen MR) is 94.3 cm³/mol. The fourth-order valence-electron chi connectivity index (χ4n) is 2.70. The van der Waals surface area contributed by atoms with Crippen molar-refractivity contribution in [2.75, 3.05) is 13.1 Å². The molecule has 1 aromatic heterocycles. The zero-order valence-electron chi connectivity index (χ0n) is 13.6. The number of hydrogen-bond acceptors (Lipinski definition) is 4. The molecule has 1 aromatic carbocycles. The van der Waals surface area contributed by atoms with E-state index in [2.05, 4.69) is 5.32 Å². The highest BCUT2D eigenvalue weighted by Crippen LogP contribution is 2.27. The molecule has 1 fully saturated rings. The van der Waals surface area contributed by atoms with E-state index in [1.165, 1.54) is 10.4 Å². The van der Waals surface area contributed by atoms with Crippen molar-refractivity contribution in [3.05, 3.63) is 52.7 Å². The highest BCUT2D eigenvalue weighted by Gasteiger charge is 2.28. The summed E-state index contributed by atoms with van der Waals surface area (Å²) in [5, 5.41) is 2.66. The van der Waals surface area contributed by atoms with Crippen LogP contribution in [0.15, 0.2) is 40.6 Å². The number of nitrogens with one attached hydrogen (secondary N) is 1. The highest BCUT2D eigenvalue weighted by atomic mass is 32.2. The maximum Gasteiger partial charge on any atom is 0.252 e. The number of amides is 1. The molecule has 0 atom stereocenters. The molecule has 134 valence electrons. The number of carbonyl (C=O) groups is 1. The summed E-state index contributed by atoms with van der Waals surface area (Å²) in [6.07, 6.45) is 1.85. The number of rotatable bonds is 6. The second kappa shape index (κ2) is 7.63. The summed E-state index contributed by atoms with van der Waals surface area (Å²) in [5.41, 5.74) is 0.416. The van der Waals surface area contributed by atoms with Gasteiger partial charge in [-0.3, -0.25) is 4.79 Å². The summed E-state index contributed by atoms with van der Waals surface area (Å²) in [4.78, 5) is 12.7. The fourth-order valence-corrected chi connectivity index (χ4v) is 5.73. The van der Waals surface area contributed by atoms with E-state index in [9.17, 15) is 17.6 Å². The summed E-state index contributed by atoms with van der Waals surface area (Å²) in [6, 6.07) is 9.47. The molecule has 0 spiro atoms. The third-order valence-electron chi connectivity index (χ3n) is 4.06. The van der Waals surface area contributed by atoms with Crippen LogP contribution in [0.1, 0.15) is 23.3 Å². The van der Waals surface area contributed by atoms with E-state index in [4.69, 9.17) is 0 Å². The Balaban J connectivity index is 1.59. The summed E-state index contributed by atoms with van der Waals surface area (Å²) in [5.74, 6) is -0.631. The molecule has 2 heterocycles. The van der Waals surface area contributed by atoms with Gasteiger partial charge in [0.15, 0.2) is 0 Å². The monoisotopic (exact) mass is 382 g/mol. The molecule has 1 aliphatic rings. The Morgan fingerprint density at radius 2 is 1.88 bits per heavy atom. The minimum atomic E-state index is -3.44. The Morgan fingerprint density at radius 3 is 2.60 bits per heavy atom. The van der Waals surface area contributed by atoms with Gasteiger partial charge in [0.2, 0.25) is 5.91 Å². The standard InChI is InChI=1S/C17H19FN2O3S2/c18-15-6-2-1-5-13(15)12-19-16(21)11-14-7-8-17(24-14)25(22,23)20-9-3-4-10-20/h1-2,5-8H,3-4,9-12H2,(H,19,21). The first-order valence-corrected chi connectivity index (χ1v) is 10.3. The van der Waals surface area contributed by atoms with E-state index in [0.717, 1.165) is 24.2 Å². The van der Waals surface area contributed by atoms with Gasteiger partial charge >= 0.3 is 0 Å². The average Bonchev–Trinajstić information content (AvgIpc) is 3.26. The topological polar surface area (TPSA) is 66.5 Å². The van der Waals surface area contributed by atoms with Gasteiger partial charge in [-0.1, -0.05) is 18.2 Å². The Kier molecular flexibility index (Phi) is 5.51. The first-order chi connectivity index (χ1) is 12.0. The van der Waals surface area contributed by atoms with Gasteiger partial charge in [0.05, 0.1) is 6.42 Å². The van der Waals surface area contributed by atoms with Crippen LogP contribution in [0.3, 0.4) is 0 Å². The first-order valence-electron chi connectivity index (χ1n) is 8.06. The van der Waals surface area contributed by atoms with Gasteiger partial charge in [-0.2, -0.15) is 4.31 Å². The molecule has 1 aliphatic heterocycles. The molecule has 8 heteroatoms. The lowest BCUT2D eigenvalue weighted by molar-refractivity contribution is -0.120. The Labute approximate surface area is 150 Å². The Hall–Kier alpha value is -1.77. The molecule has 0 aliphatic carbocycles. The quantitative estimate of drug-likeness (QED) is 0.835. The Morgan fingerprint density at radius 1 is 1.16 bits per heavy atom. The van der Waals surface area contributed by atoms with Crippen molar-refractivity contribution in [2.45, 2.75) is 30.0 Å². The number of halogens is 1. The molecule has 5 nitrogen and oxygen atoms in total. The zero-order chi connectivity index (χ0) is 17.9. The maximum absolute atomic E-state index is 13.5. The average molecular weight is 382 g/mol. The van der Waals surface area contributed by atoms with Crippen LogP contribution in [0.5, 0.6) is 0 Å². The van der Waals surface area contributed by atoms with Crippen LogP contribution < -0.4 is 5.32 Å². The van der Waals surface area contributed by atoms with Crippen molar-refractivity contribution in [1.29, 1.82) is 0 Å². The minimum absolute atomic E-state index is 0.0780. The van der Waals surface area contributed by atoms with Crippen molar-refractivity contribution >= 4 is 27.3 Å². The summed E-state index contributed by atoms with van der Waals surface area (Å²) in [6.45, 7) is 1.22. The van der Waals surface area contributed by atoms with Gasteiger partial charge in [-0.05, 0) is 31.0 Å². The van der Waals surface area contributed by atoms with Crippen molar-refractivity contribution in [2.24, 2.45) is 0 Å². The van der Waals surface area contributed by atoms with E-state index < -0.39 is 10.0 Å². The van der Waals surface area contributed by atoms with Crippen LogP contribution in [0.25, 0.3) is 0 Å². The number of sulfonamides is 1. The van der Waals surface area contributed by atoms with Gasteiger partial charge < -0.3 is 5.32 Å². The molecule has 1 N–H and O–H groups in total. The molecule has 2 aromatic rings. The van der Waals surface area contributed by atoms with Gasteiger partial charge in [0.25, 0.3) is 10.0 Å². The summed E-state index contributed by atoms with van der Waals surface area (Å²) in [7, 11) is -3.44. The predicted octanol–water partition coefficient (Wildman–Crippen LogP) is 2.53. The third-order valence-corrected chi connectivity index (χ3v) is 7.52. The van der Waals surface area contributed by atoms with Gasteiger partial charge in [0, 0.05) is 30.1 Å². The molecular formula is C17H19FN2O3S2. The van der Waals surface area contributed by atoms with E-state index >= 15 is 0 Å². The third kappa shape index (κ3) is 4.26. The van der Waals surface area contributed by atoms with Crippen LogP contribution in [0, 0.1) is 5.82 Å². The van der Waals surface area contributed by atoms with E-state index in [1.807, 2.05) is 0 Å². The zero-order valence-corrected chi connectivity index (χ0v) is 15.2. The number of hydrogen-bond donors (Lipinski definition) is 1. The van der Waals surface area contributed by atoms with Gasteiger partial charge in [-0.15, -0.1) is 11.3 Å². The lowest BCUT2D eigenvalue weighted by Gasteiger charge is -2.13. The molecular weight excluding hydrogens is 363 g/mol. The first kappa shape index (κ1) is 18.0. The lowest BCUT2D eigenvalue weighted by Crippen LogP contribution is -2.27. The second-order valence-corrected chi connectivity index (χ2v) is 9.21. The largest absolute Gasteiger partial charge is 0.352 e. The van der Waals surface area contributed by atoms with Gasteiger partial charge in [-0.25, -0.2) is 12.8 Å².